The van der Waals surface area contributed by atoms with E-state index in [1.807, 2.05) is 23.1 Å². The highest BCUT2D eigenvalue weighted by Crippen LogP contribution is 2.36. The molecule has 1 amide bonds. The first-order chi connectivity index (χ1) is 12.1. The van der Waals surface area contributed by atoms with Gasteiger partial charge in [0.25, 0.3) is 5.91 Å². The number of rotatable bonds is 7. The number of nitrogens with zero attached hydrogens (tertiary/aromatic N) is 2. The van der Waals surface area contributed by atoms with Gasteiger partial charge in [-0.3, -0.25) is 4.79 Å². The molecular weight excluding hydrogens is 336 g/mol. The van der Waals surface area contributed by atoms with Gasteiger partial charge in [0.2, 0.25) is 0 Å². The lowest BCUT2D eigenvalue weighted by atomic mass is 10.1. The predicted octanol–water partition coefficient (Wildman–Crippen LogP) is 3.77. The summed E-state index contributed by atoms with van der Waals surface area (Å²) < 4.78 is 10.7. The standard InChI is InChI=1S/C19H24N2O3S/c1-13(2)6-8-21-16-10-14(4-5-17(16)24-11-19(21)22)15-12-25-18(20-15)7-9-23-3/h4-5,10,12-13H,6-9,11H2,1-3H3. The van der Waals surface area contributed by atoms with Crippen LogP contribution in [0.4, 0.5) is 5.69 Å². The van der Waals surface area contributed by atoms with E-state index in [0.29, 0.717) is 19.1 Å². The quantitative estimate of drug-likeness (QED) is 0.754. The maximum atomic E-state index is 12.3. The van der Waals surface area contributed by atoms with Gasteiger partial charge >= 0.3 is 0 Å². The lowest BCUT2D eigenvalue weighted by molar-refractivity contribution is -0.121. The van der Waals surface area contributed by atoms with Crippen molar-refractivity contribution in [3.8, 4) is 17.0 Å². The Bertz CT molecular complexity index is 742. The lowest BCUT2D eigenvalue weighted by Gasteiger charge is -2.30. The maximum absolute atomic E-state index is 12.3. The molecular formula is C19H24N2O3S. The highest BCUT2D eigenvalue weighted by atomic mass is 32.1. The molecule has 5 nitrogen and oxygen atoms in total. The van der Waals surface area contributed by atoms with Crippen molar-refractivity contribution in [3.05, 3.63) is 28.6 Å². The molecule has 134 valence electrons. The molecule has 0 radical (unpaired) electrons. The zero-order valence-corrected chi connectivity index (χ0v) is 15.8. The summed E-state index contributed by atoms with van der Waals surface area (Å²) in [5.41, 5.74) is 2.79. The Balaban J connectivity index is 1.86. The first-order valence-corrected chi connectivity index (χ1v) is 9.47. The van der Waals surface area contributed by atoms with E-state index < -0.39 is 0 Å². The van der Waals surface area contributed by atoms with Gasteiger partial charge < -0.3 is 14.4 Å². The Labute approximate surface area is 152 Å². The molecule has 0 aliphatic carbocycles. The third kappa shape index (κ3) is 4.19. The van der Waals surface area contributed by atoms with Gasteiger partial charge in [-0.2, -0.15) is 0 Å². The zero-order valence-electron chi connectivity index (χ0n) is 14.9. The molecule has 0 atom stereocenters. The number of benzene rings is 1. The molecule has 1 aliphatic rings. The minimum absolute atomic E-state index is 0.0179. The number of hydrogen-bond donors (Lipinski definition) is 0. The van der Waals surface area contributed by atoms with Crippen LogP contribution in [0.25, 0.3) is 11.3 Å². The van der Waals surface area contributed by atoms with Gasteiger partial charge in [-0.1, -0.05) is 13.8 Å². The third-order valence-electron chi connectivity index (χ3n) is 4.20. The van der Waals surface area contributed by atoms with Gasteiger partial charge in [0.1, 0.15) is 5.75 Å². The predicted molar refractivity (Wildman–Crippen MR) is 100 cm³/mol. The molecule has 2 heterocycles. The highest BCUT2D eigenvalue weighted by Gasteiger charge is 2.26. The molecule has 0 unspecified atom stereocenters. The van der Waals surface area contributed by atoms with Crippen LogP contribution in [0.5, 0.6) is 5.75 Å². The number of carbonyl (C=O) groups excluding carboxylic acids is 1. The Morgan fingerprint density at radius 1 is 1.40 bits per heavy atom. The van der Waals surface area contributed by atoms with Crippen LogP contribution in [0, 0.1) is 5.92 Å². The molecule has 2 aromatic rings. The van der Waals surface area contributed by atoms with Crippen molar-refractivity contribution in [1.29, 1.82) is 0 Å². The van der Waals surface area contributed by atoms with Crippen LogP contribution in [-0.2, 0) is 16.0 Å². The number of ether oxygens (including phenoxy) is 2. The molecule has 0 saturated carbocycles. The van der Waals surface area contributed by atoms with E-state index >= 15 is 0 Å². The number of aromatic nitrogens is 1. The summed E-state index contributed by atoms with van der Waals surface area (Å²) in [5, 5.41) is 3.11. The summed E-state index contributed by atoms with van der Waals surface area (Å²) in [4.78, 5) is 18.8. The molecule has 0 saturated heterocycles. The molecule has 0 N–H and O–H groups in total. The third-order valence-corrected chi connectivity index (χ3v) is 5.11. The number of fused-ring (bicyclic) bond motifs is 1. The van der Waals surface area contributed by atoms with Crippen molar-refractivity contribution in [3.63, 3.8) is 0 Å². The zero-order chi connectivity index (χ0) is 17.8. The second-order valence-electron chi connectivity index (χ2n) is 6.57. The largest absolute Gasteiger partial charge is 0.482 e. The Hall–Kier alpha value is -1.92. The van der Waals surface area contributed by atoms with Crippen LogP contribution in [0.1, 0.15) is 25.3 Å². The fourth-order valence-electron chi connectivity index (χ4n) is 2.74. The van der Waals surface area contributed by atoms with E-state index in [1.54, 1.807) is 18.4 Å². The Kier molecular flexibility index (Phi) is 5.71. The average molecular weight is 360 g/mol. The molecule has 0 fully saturated rings. The molecule has 6 heteroatoms. The number of hydrogen-bond acceptors (Lipinski definition) is 5. The van der Waals surface area contributed by atoms with Crippen molar-refractivity contribution in [2.24, 2.45) is 5.92 Å². The molecule has 25 heavy (non-hydrogen) atoms. The van der Waals surface area contributed by atoms with Gasteiger partial charge in [0.15, 0.2) is 6.61 Å². The van der Waals surface area contributed by atoms with Crippen LogP contribution in [0.3, 0.4) is 0 Å². The molecule has 1 aromatic heterocycles. The number of methoxy groups -OCH3 is 1. The van der Waals surface area contributed by atoms with Crippen LogP contribution >= 0.6 is 11.3 Å². The monoisotopic (exact) mass is 360 g/mol. The molecule has 1 aromatic carbocycles. The number of amides is 1. The Morgan fingerprint density at radius 2 is 2.24 bits per heavy atom. The summed E-state index contributed by atoms with van der Waals surface area (Å²) in [7, 11) is 1.70. The summed E-state index contributed by atoms with van der Waals surface area (Å²) in [6.45, 7) is 5.83. The van der Waals surface area contributed by atoms with Crippen molar-refractivity contribution < 1.29 is 14.3 Å². The minimum Gasteiger partial charge on any atom is -0.482 e. The van der Waals surface area contributed by atoms with Crippen LogP contribution in [0.15, 0.2) is 23.6 Å². The van der Waals surface area contributed by atoms with E-state index in [1.165, 1.54) is 0 Å². The maximum Gasteiger partial charge on any atom is 0.265 e. The van der Waals surface area contributed by atoms with Crippen molar-refractivity contribution in [2.75, 3.05) is 31.8 Å². The SMILES string of the molecule is COCCc1nc(-c2ccc3c(c2)N(CCC(C)C)C(=O)CO3)cs1. The van der Waals surface area contributed by atoms with Gasteiger partial charge in [-0.15, -0.1) is 11.3 Å². The highest BCUT2D eigenvalue weighted by molar-refractivity contribution is 7.09. The van der Waals surface area contributed by atoms with Crippen LogP contribution in [-0.4, -0.2) is 37.8 Å². The van der Waals surface area contributed by atoms with Crippen molar-refractivity contribution in [2.45, 2.75) is 26.7 Å². The smallest absolute Gasteiger partial charge is 0.265 e. The molecule has 0 spiro atoms. The first kappa shape index (κ1) is 17.9. The van der Waals surface area contributed by atoms with Crippen LogP contribution < -0.4 is 9.64 Å². The average Bonchev–Trinajstić information content (AvgIpc) is 3.07. The number of thiazole rings is 1. The molecule has 0 bridgehead atoms. The number of carbonyl (C=O) groups is 1. The van der Waals surface area contributed by atoms with E-state index in [0.717, 1.165) is 40.5 Å². The summed E-state index contributed by atoms with van der Waals surface area (Å²) in [6, 6.07) is 5.96. The second-order valence-corrected chi connectivity index (χ2v) is 7.51. The van der Waals surface area contributed by atoms with Crippen molar-refractivity contribution >= 4 is 22.9 Å². The number of anilines is 1. The van der Waals surface area contributed by atoms with Gasteiger partial charge in [0.05, 0.1) is 23.0 Å². The van der Waals surface area contributed by atoms with Gasteiger partial charge in [-0.05, 0) is 30.5 Å². The summed E-state index contributed by atoms with van der Waals surface area (Å²) in [5.74, 6) is 1.33. The fourth-order valence-corrected chi connectivity index (χ4v) is 3.53. The van der Waals surface area contributed by atoms with Gasteiger partial charge in [0, 0.05) is 31.0 Å². The van der Waals surface area contributed by atoms with E-state index in [9.17, 15) is 4.79 Å². The lowest BCUT2D eigenvalue weighted by Crippen LogP contribution is -2.39. The fraction of sp³-hybridized carbons (Fsp3) is 0.474. The summed E-state index contributed by atoms with van der Waals surface area (Å²) in [6.07, 6.45) is 1.78. The second kappa shape index (κ2) is 7.97. The van der Waals surface area contributed by atoms with Gasteiger partial charge in [-0.25, -0.2) is 4.98 Å². The van der Waals surface area contributed by atoms with E-state index in [4.69, 9.17) is 9.47 Å². The summed E-state index contributed by atoms with van der Waals surface area (Å²) >= 11 is 1.63. The minimum atomic E-state index is 0.0179. The Morgan fingerprint density at radius 3 is 3.00 bits per heavy atom. The molecule has 3 rings (SSSR count). The van der Waals surface area contributed by atoms with E-state index in [-0.39, 0.29) is 12.5 Å². The van der Waals surface area contributed by atoms with E-state index in [2.05, 4.69) is 24.2 Å². The molecule has 1 aliphatic heterocycles. The first-order valence-electron chi connectivity index (χ1n) is 8.59. The van der Waals surface area contributed by atoms with Crippen LogP contribution in [0.2, 0.25) is 0 Å². The van der Waals surface area contributed by atoms with Crippen molar-refractivity contribution in [1.82, 2.24) is 4.98 Å². The normalized spacial score (nSPS) is 13.9. The topological polar surface area (TPSA) is 51.7 Å².